The van der Waals surface area contributed by atoms with Crippen LogP contribution in [0.4, 0.5) is 0 Å². The third kappa shape index (κ3) is 5.68. The van der Waals surface area contributed by atoms with Gasteiger partial charge in [0, 0.05) is 0 Å². The van der Waals surface area contributed by atoms with Gasteiger partial charge in [0.2, 0.25) is 0 Å². The van der Waals surface area contributed by atoms with Crippen molar-refractivity contribution in [3.8, 4) is 11.1 Å². The van der Waals surface area contributed by atoms with Crippen LogP contribution in [-0.4, -0.2) is 38.2 Å². The van der Waals surface area contributed by atoms with E-state index in [0.717, 1.165) is 11.1 Å². The molecule has 0 aromatic heterocycles. The summed E-state index contributed by atoms with van der Waals surface area (Å²) in [7, 11) is 0. The van der Waals surface area contributed by atoms with Crippen LogP contribution in [-0.2, 0) is 9.47 Å². The van der Waals surface area contributed by atoms with Gasteiger partial charge in [-0.15, -0.1) is 0 Å². The lowest BCUT2D eigenvalue weighted by Gasteiger charge is -2.07. The highest BCUT2D eigenvalue weighted by Gasteiger charge is 2.09. The van der Waals surface area contributed by atoms with Crippen LogP contribution >= 0.6 is 0 Å². The standard InChI is InChI=1S/C20H24N2O4/c21-11-1-13-25-19(23)17-7-3-15(4-8-17)16-5-9-18(10-6-16)20(24)26-14-2-12-22/h3-10H,1-2,11-14,21-22H2. The van der Waals surface area contributed by atoms with Gasteiger partial charge in [-0.3, -0.25) is 0 Å². The lowest BCUT2D eigenvalue weighted by Crippen LogP contribution is -2.10. The predicted octanol–water partition coefficient (Wildman–Crippen LogP) is 2.36. The van der Waals surface area contributed by atoms with Crippen LogP contribution in [0.3, 0.4) is 0 Å². The Labute approximate surface area is 153 Å². The van der Waals surface area contributed by atoms with Gasteiger partial charge >= 0.3 is 11.9 Å². The minimum atomic E-state index is -0.361. The Morgan fingerprint density at radius 1 is 0.654 bits per heavy atom. The van der Waals surface area contributed by atoms with Crippen molar-refractivity contribution >= 4 is 11.9 Å². The molecule has 0 saturated heterocycles. The van der Waals surface area contributed by atoms with Crippen molar-refractivity contribution in [2.45, 2.75) is 12.8 Å². The fourth-order valence-electron chi connectivity index (χ4n) is 2.26. The number of esters is 2. The lowest BCUT2D eigenvalue weighted by atomic mass is 10.0. The summed E-state index contributed by atoms with van der Waals surface area (Å²) >= 11 is 0. The number of rotatable bonds is 9. The van der Waals surface area contributed by atoms with Crippen LogP contribution in [0.5, 0.6) is 0 Å². The highest BCUT2D eigenvalue weighted by atomic mass is 16.5. The van der Waals surface area contributed by atoms with Crippen LogP contribution in [0.15, 0.2) is 48.5 Å². The molecule has 2 rings (SSSR count). The highest BCUT2D eigenvalue weighted by Crippen LogP contribution is 2.21. The monoisotopic (exact) mass is 356 g/mol. The van der Waals surface area contributed by atoms with Crippen molar-refractivity contribution in [1.29, 1.82) is 0 Å². The van der Waals surface area contributed by atoms with Crippen molar-refractivity contribution < 1.29 is 19.1 Å². The van der Waals surface area contributed by atoms with E-state index in [0.29, 0.717) is 50.3 Å². The number of hydrogen-bond acceptors (Lipinski definition) is 6. The number of benzene rings is 2. The van der Waals surface area contributed by atoms with E-state index in [9.17, 15) is 9.59 Å². The molecule has 4 N–H and O–H groups in total. The Morgan fingerprint density at radius 2 is 1.00 bits per heavy atom. The van der Waals surface area contributed by atoms with Gasteiger partial charge in [-0.1, -0.05) is 24.3 Å². The summed E-state index contributed by atoms with van der Waals surface area (Å²) in [5, 5.41) is 0. The average Bonchev–Trinajstić information content (AvgIpc) is 2.68. The van der Waals surface area contributed by atoms with E-state index in [2.05, 4.69) is 0 Å². The second kappa shape index (κ2) is 10.3. The Balaban J connectivity index is 1.98. The van der Waals surface area contributed by atoms with Gasteiger partial charge in [0.05, 0.1) is 24.3 Å². The topological polar surface area (TPSA) is 105 Å². The molecule has 0 heterocycles. The molecule has 0 aliphatic heterocycles. The first-order valence-electron chi connectivity index (χ1n) is 8.60. The largest absolute Gasteiger partial charge is 0.462 e. The number of nitrogens with two attached hydrogens (primary N) is 2. The van der Waals surface area contributed by atoms with Gasteiger partial charge in [0.15, 0.2) is 0 Å². The normalized spacial score (nSPS) is 10.4. The van der Waals surface area contributed by atoms with Crippen LogP contribution in [0.25, 0.3) is 11.1 Å². The van der Waals surface area contributed by atoms with Crippen molar-refractivity contribution in [2.24, 2.45) is 11.5 Å². The predicted molar refractivity (Wildman–Crippen MR) is 99.8 cm³/mol. The molecule has 2 aromatic rings. The van der Waals surface area contributed by atoms with Crippen molar-refractivity contribution in [3.05, 3.63) is 59.7 Å². The average molecular weight is 356 g/mol. The molecule has 0 radical (unpaired) electrons. The number of ether oxygens (including phenoxy) is 2. The zero-order chi connectivity index (χ0) is 18.8. The van der Waals surface area contributed by atoms with Crippen molar-refractivity contribution in [1.82, 2.24) is 0 Å². The van der Waals surface area contributed by atoms with E-state index in [1.54, 1.807) is 24.3 Å². The first-order chi connectivity index (χ1) is 12.7. The van der Waals surface area contributed by atoms with Crippen LogP contribution in [0.2, 0.25) is 0 Å². The molecule has 6 heteroatoms. The maximum absolute atomic E-state index is 11.9. The minimum absolute atomic E-state index is 0.319. The third-order valence-corrected chi connectivity index (χ3v) is 3.74. The molecule has 0 aliphatic rings. The Bertz CT molecular complexity index is 648. The van der Waals surface area contributed by atoms with E-state index >= 15 is 0 Å². The van der Waals surface area contributed by atoms with E-state index in [4.69, 9.17) is 20.9 Å². The Hall–Kier alpha value is -2.70. The lowest BCUT2D eigenvalue weighted by molar-refractivity contribution is 0.0493. The molecule has 6 nitrogen and oxygen atoms in total. The number of hydrogen-bond donors (Lipinski definition) is 2. The summed E-state index contributed by atoms with van der Waals surface area (Å²) in [5.41, 5.74) is 13.6. The van der Waals surface area contributed by atoms with Crippen LogP contribution in [0.1, 0.15) is 33.6 Å². The molecule has 26 heavy (non-hydrogen) atoms. The van der Waals surface area contributed by atoms with E-state index in [1.807, 2.05) is 24.3 Å². The number of carbonyl (C=O) groups excluding carboxylic acids is 2. The first kappa shape index (κ1) is 19.6. The SMILES string of the molecule is NCCCOC(=O)c1ccc(-c2ccc(C(=O)OCCCN)cc2)cc1. The summed E-state index contributed by atoms with van der Waals surface area (Å²) in [5.74, 6) is -0.721. The first-order valence-corrected chi connectivity index (χ1v) is 8.60. The van der Waals surface area contributed by atoms with Crippen LogP contribution < -0.4 is 11.5 Å². The smallest absolute Gasteiger partial charge is 0.338 e. The molecule has 0 bridgehead atoms. The van der Waals surface area contributed by atoms with Gasteiger partial charge in [0.25, 0.3) is 0 Å². The quantitative estimate of drug-likeness (QED) is 0.528. The second-order valence-electron chi connectivity index (χ2n) is 5.71. The molecule has 0 unspecified atom stereocenters. The van der Waals surface area contributed by atoms with E-state index in [-0.39, 0.29) is 11.9 Å². The summed E-state index contributed by atoms with van der Waals surface area (Å²) in [6.45, 7) is 1.62. The van der Waals surface area contributed by atoms with Gasteiger partial charge in [-0.2, -0.15) is 0 Å². The van der Waals surface area contributed by atoms with E-state index in [1.165, 1.54) is 0 Å². The zero-order valence-corrected chi connectivity index (χ0v) is 14.6. The molecule has 0 fully saturated rings. The Kier molecular flexibility index (Phi) is 7.79. The molecular formula is C20H24N2O4. The number of carbonyl (C=O) groups is 2. The Morgan fingerprint density at radius 3 is 1.31 bits per heavy atom. The fraction of sp³-hybridized carbons (Fsp3) is 0.300. The molecule has 138 valence electrons. The second-order valence-corrected chi connectivity index (χ2v) is 5.71. The van der Waals surface area contributed by atoms with Gasteiger partial charge < -0.3 is 20.9 Å². The van der Waals surface area contributed by atoms with Crippen LogP contribution in [0, 0.1) is 0 Å². The van der Waals surface area contributed by atoms with Gasteiger partial charge in [-0.05, 0) is 61.3 Å². The van der Waals surface area contributed by atoms with Crippen molar-refractivity contribution in [2.75, 3.05) is 26.3 Å². The molecule has 0 spiro atoms. The van der Waals surface area contributed by atoms with Gasteiger partial charge in [-0.25, -0.2) is 9.59 Å². The third-order valence-electron chi connectivity index (χ3n) is 3.74. The fourth-order valence-corrected chi connectivity index (χ4v) is 2.26. The van der Waals surface area contributed by atoms with E-state index < -0.39 is 0 Å². The molecule has 0 saturated carbocycles. The van der Waals surface area contributed by atoms with Crippen molar-refractivity contribution in [3.63, 3.8) is 0 Å². The maximum Gasteiger partial charge on any atom is 0.338 e. The molecule has 0 amide bonds. The molecule has 0 aliphatic carbocycles. The maximum atomic E-state index is 11.9. The summed E-state index contributed by atoms with van der Waals surface area (Å²) < 4.78 is 10.2. The van der Waals surface area contributed by atoms with Gasteiger partial charge in [0.1, 0.15) is 0 Å². The molecular weight excluding hydrogens is 332 g/mol. The molecule has 0 atom stereocenters. The summed E-state index contributed by atoms with van der Waals surface area (Å²) in [6.07, 6.45) is 1.29. The summed E-state index contributed by atoms with van der Waals surface area (Å²) in [4.78, 5) is 23.7. The highest BCUT2D eigenvalue weighted by molar-refractivity contribution is 5.91. The zero-order valence-electron chi connectivity index (χ0n) is 14.6. The summed E-state index contributed by atoms with van der Waals surface area (Å²) in [6, 6.07) is 14.2. The molecule has 2 aromatic carbocycles. The minimum Gasteiger partial charge on any atom is -0.462 e.